The molecule has 1 N–H and O–H groups in total. The zero-order valence-electron chi connectivity index (χ0n) is 7.63. The standard InChI is InChI=1S/C9H3BrF2N4/c10-5-1-7(11)9(8(12)2-5)16-15-6(3-13)4-14/h1-2,16H. The van der Waals surface area contributed by atoms with Crippen molar-refractivity contribution in [3.63, 3.8) is 0 Å². The Kier molecular flexibility index (Phi) is 3.92. The van der Waals surface area contributed by atoms with Gasteiger partial charge in [-0.1, -0.05) is 15.9 Å². The number of hydrogen-bond acceptors (Lipinski definition) is 4. The van der Waals surface area contributed by atoms with Gasteiger partial charge in [-0.25, -0.2) is 8.78 Å². The quantitative estimate of drug-likeness (QED) is 0.670. The van der Waals surface area contributed by atoms with E-state index >= 15 is 0 Å². The Balaban J connectivity index is 3.05. The molecule has 1 rings (SSSR count). The summed E-state index contributed by atoms with van der Waals surface area (Å²) in [7, 11) is 0. The van der Waals surface area contributed by atoms with Gasteiger partial charge in [0.25, 0.3) is 0 Å². The SMILES string of the molecule is N#CC(C#N)=NNc1c(F)cc(Br)cc1F. The number of nitrogens with one attached hydrogen (secondary N) is 1. The molecular formula is C9H3BrF2N4. The topological polar surface area (TPSA) is 72.0 Å². The Morgan fingerprint density at radius 1 is 1.25 bits per heavy atom. The van der Waals surface area contributed by atoms with Crippen LogP contribution in [0.3, 0.4) is 0 Å². The fourth-order valence-electron chi connectivity index (χ4n) is 0.836. The van der Waals surface area contributed by atoms with Crippen molar-refractivity contribution in [2.24, 2.45) is 5.10 Å². The molecule has 0 radical (unpaired) electrons. The zero-order valence-corrected chi connectivity index (χ0v) is 9.22. The van der Waals surface area contributed by atoms with Crippen molar-refractivity contribution in [1.82, 2.24) is 0 Å². The molecule has 0 spiro atoms. The predicted molar refractivity (Wildman–Crippen MR) is 56.3 cm³/mol. The lowest BCUT2D eigenvalue weighted by Gasteiger charge is -2.03. The fourth-order valence-corrected chi connectivity index (χ4v) is 1.24. The number of nitrogens with zero attached hydrogens (tertiary/aromatic N) is 3. The van der Waals surface area contributed by atoms with Gasteiger partial charge in [-0.2, -0.15) is 15.6 Å². The van der Waals surface area contributed by atoms with Gasteiger partial charge in [-0.05, 0) is 12.1 Å². The second kappa shape index (κ2) is 5.19. The van der Waals surface area contributed by atoms with E-state index in [1.807, 2.05) is 5.43 Å². The Morgan fingerprint density at radius 2 is 1.75 bits per heavy atom. The molecule has 0 aliphatic carbocycles. The summed E-state index contributed by atoms with van der Waals surface area (Å²) >= 11 is 2.91. The van der Waals surface area contributed by atoms with Gasteiger partial charge in [0.1, 0.15) is 17.8 Å². The van der Waals surface area contributed by atoms with Crippen LogP contribution in [0.25, 0.3) is 0 Å². The molecule has 0 fully saturated rings. The van der Waals surface area contributed by atoms with E-state index in [4.69, 9.17) is 10.5 Å². The monoisotopic (exact) mass is 284 g/mol. The van der Waals surface area contributed by atoms with Crippen molar-refractivity contribution in [2.75, 3.05) is 5.43 Å². The molecule has 0 saturated heterocycles. The summed E-state index contributed by atoms with van der Waals surface area (Å²) < 4.78 is 26.6. The number of benzene rings is 1. The van der Waals surface area contributed by atoms with Gasteiger partial charge in [0.2, 0.25) is 5.71 Å². The van der Waals surface area contributed by atoms with Gasteiger partial charge in [-0.3, -0.25) is 5.43 Å². The molecule has 80 valence electrons. The largest absolute Gasteiger partial charge is 0.271 e. The molecule has 0 unspecified atom stereocenters. The fraction of sp³-hybridized carbons (Fsp3) is 0. The second-order valence-electron chi connectivity index (χ2n) is 2.54. The summed E-state index contributed by atoms with van der Waals surface area (Å²) in [6.45, 7) is 0. The number of hydrazone groups is 1. The molecule has 7 heteroatoms. The van der Waals surface area contributed by atoms with Crippen LogP contribution in [-0.2, 0) is 0 Å². The molecule has 0 atom stereocenters. The highest BCUT2D eigenvalue weighted by Crippen LogP contribution is 2.23. The van der Waals surface area contributed by atoms with Crippen LogP contribution >= 0.6 is 15.9 Å². The van der Waals surface area contributed by atoms with E-state index < -0.39 is 23.0 Å². The molecule has 4 nitrogen and oxygen atoms in total. The molecule has 1 aromatic rings. The lowest BCUT2D eigenvalue weighted by molar-refractivity contribution is 0.587. The highest BCUT2D eigenvalue weighted by molar-refractivity contribution is 9.10. The maximum Gasteiger partial charge on any atom is 0.237 e. The molecule has 0 aromatic heterocycles. The lowest BCUT2D eigenvalue weighted by atomic mass is 10.3. The number of hydrogen-bond donors (Lipinski definition) is 1. The highest BCUT2D eigenvalue weighted by atomic mass is 79.9. The number of rotatable bonds is 2. The van der Waals surface area contributed by atoms with Crippen LogP contribution in [0.2, 0.25) is 0 Å². The first-order valence-corrected chi connectivity index (χ1v) is 4.66. The molecule has 0 amide bonds. The third-order valence-electron chi connectivity index (χ3n) is 1.50. The molecule has 0 heterocycles. The first kappa shape index (κ1) is 12.1. The van der Waals surface area contributed by atoms with Crippen molar-refractivity contribution in [3.8, 4) is 12.1 Å². The minimum absolute atomic E-state index is 0.234. The number of anilines is 1. The number of halogens is 3. The molecule has 0 saturated carbocycles. The smallest absolute Gasteiger partial charge is 0.237 e. The minimum Gasteiger partial charge on any atom is -0.271 e. The van der Waals surface area contributed by atoms with Crippen molar-refractivity contribution < 1.29 is 8.78 Å². The molecule has 0 aliphatic rings. The Labute approximate surface area is 97.9 Å². The normalized spacial score (nSPS) is 8.81. The summed E-state index contributed by atoms with van der Waals surface area (Å²) in [6.07, 6.45) is 0. The predicted octanol–water partition coefficient (Wildman–Crippen LogP) is 2.54. The molecule has 1 aromatic carbocycles. The zero-order chi connectivity index (χ0) is 12.1. The average Bonchev–Trinajstić information content (AvgIpc) is 2.22. The Hall–Kier alpha value is -1.99. The lowest BCUT2D eigenvalue weighted by Crippen LogP contribution is -2.00. The molecule has 16 heavy (non-hydrogen) atoms. The van der Waals surface area contributed by atoms with Crippen LogP contribution < -0.4 is 5.43 Å². The van der Waals surface area contributed by atoms with Crippen molar-refractivity contribution in [2.45, 2.75) is 0 Å². The van der Waals surface area contributed by atoms with Gasteiger partial charge in [0, 0.05) is 4.47 Å². The van der Waals surface area contributed by atoms with Crippen LogP contribution in [0.4, 0.5) is 14.5 Å². The van der Waals surface area contributed by atoms with Crippen LogP contribution in [-0.4, -0.2) is 5.71 Å². The molecular weight excluding hydrogens is 282 g/mol. The van der Waals surface area contributed by atoms with Crippen LogP contribution in [0.15, 0.2) is 21.7 Å². The Morgan fingerprint density at radius 3 is 2.19 bits per heavy atom. The van der Waals surface area contributed by atoms with E-state index in [0.29, 0.717) is 0 Å². The van der Waals surface area contributed by atoms with E-state index in [-0.39, 0.29) is 4.47 Å². The maximum absolute atomic E-state index is 13.2. The number of nitriles is 2. The summed E-state index contributed by atoms with van der Waals surface area (Å²) in [6, 6.07) is 4.94. The molecule has 0 bridgehead atoms. The summed E-state index contributed by atoms with van der Waals surface area (Å²) in [5, 5.41) is 19.9. The molecule has 0 aliphatic heterocycles. The van der Waals surface area contributed by atoms with Crippen molar-refractivity contribution in [3.05, 3.63) is 28.2 Å². The third kappa shape index (κ3) is 2.75. The van der Waals surface area contributed by atoms with E-state index in [1.54, 1.807) is 0 Å². The van der Waals surface area contributed by atoms with Crippen molar-refractivity contribution in [1.29, 1.82) is 10.5 Å². The summed E-state index contributed by atoms with van der Waals surface area (Å²) in [5.74, 6) is -1.77. The maximum atomic E-state index is 13.2. The van der Waals surface area contributed by atoms with E-state index in [1.165, 1.54) is 12.1 Å². The summed E-state index contributed by atoms with van der Waals surface area (Å²) in [4.78, 5) is 0. The van der Waals surface area contributed by atoms with E-state index in [0.717, 1.165) is 12.1 Å². The van der Waals surface area contributed by atoms with Crippen LogP contribution in [0, 0.1) is 34.3 Å². The van der Waals surface area contributed by atoms with Gasteiger partial charge in [-0.15, -0.1) is 0 Å². The summed E-state index contributed by atoms with van der Waals surface area (Å²) in [5.41, 5.74) is 0.934. The van der Waals surface area contributed by atoms with E-state index in [9.17, 15) is 8.78 Å². The first-order valence-electron chi connectivity index (χ1n) is 3.87. The van der Waals surface area contributed by atoms with Crippen molar-refractivity contribution >= 4 is 27.3 Å². The second-order valence-corrected chi connectivity index (χ2v) is 3.46. The van der Waals surface area contributed by atoms with Gasteiger partial charge >= 0.3 is 0 Å². The first-order chi connectivity index (χ1) is 7.58. The highest BCUT2D eigenvalue weighted by Gasteiger charge is 2.09. The van der Waals surface area contributed by atoms with E-state index in [2.05, 4.69) is 21.0 Å². The van der Waals surface area contributed by atoms with Gasteiger partial charge in [0.05, 0.1) is 0 Å². The Bertz CT molecular complexity index is 488. The van der Waals surface area contributed by atoms with Gasteiger partial charge in [0.15, 0.2) is 11.6 Å². The average molecular weight is 285 g/mol. The van der Waals surface area contributed by atoms with Crippen LogP contribution in [0.1, 0.15) is 0 Å². The van der Waals surface area contributed by atoms with Gasteiger partial charge < -0.3 is 0 Å². The van der Waals surface area contributed by atoms with Crippen LogP contribution in [0.5, 0.6) is 0 Å². The third-order valence-corrected chi connectivity index (χ3v) is 1.96. The minimum atomic E-state index is -0.883.